The number of nitrogens with one attached hydrogen (secondary N) is 1. The van der Waals surface area contributed by atoms with Crippen LogP contribution in [0, 0.1) is 0 Å². The van der Waals surface area contributed by atoms with E-state index >= 15 is 0 Å². The molecular weight excluding hydrogens is 462 g/mol. The molecule has 2 aliphatic heterocycles. The lowest BCUT2D eigenvalue weighted by atomic mass is 9.77. The van der Waals surface area contributed by atoms with Crippen LogP contribution in [0.25, 0.3) is 44.5 Å². The standard InChI is InChI=1S/C31H29N3O3/c1-5-34(6-2)20-9-12-25-27(15-20)37-28-16-26(35)22-13-18(7-10-21(22)30(28)33-25)19-8-11-24-23(14-19)31(3,4)17-29(36)32-24/h7-16H,5-6,17H2,1-4H3,(H,32,36). The molecule has 0 atom stereocenters. The molecule has 1 amide bonds. The summed E-state index contributed by atoms with van der Waals surface area (Å²) in [5.41, 5.74) is 6.71. The largest absolute Gasteiger partial charge is 0.453 e. The summed E-state index contributed by atoms with van der Waals surface area (Å²) >= 11 is 0. The van der Waals surface area contributed by atoms with E-state index in [-0.39, 0.29) is 16.8 Å². The molecule has 186 valence electrons. The Labute approximate surface area is 215 Å². The summed E-state index contributed by atoms with van der Waals surface area (Å²) in [4.78, 5) is 32.4. The van der Waals surface area contributed by atoms with E-state index in [0.717, 1.165) is 52.1 Å². The summed E-state index contributed by atoms with van der Waals surface area (Å²) < 4.78 is 6.20. The molecule has 6 heteroatoms. The van der Waals surface area contributed by atoms with Crippen molar-refractivity contribution in [2.75, 3.05) is 23.3 Å². The Hall–Kier alpha value is -4.19. The molecule has 0 radical (unpaired) electrons. The van der Waals surface area contributed by atoms with Crippen molar-refractivity contribution in [3.8, 4) is 22.6 Å². The number of amides is 1. The van der Waals surface area contributed by atoms with Crippen LogP contribution in [0.2, 0.25) is 0 Å². The number of hydrogen-bond donors (Lipinski definition) is 1. The van der Waals surface area contributed by atoms with Crippen molar-refractivity contribution >= 4 is 39.2 Å². The van der Waals surface area contributed by atoms with Crippen LogP contribution in [-0.4, -0.2) is 24.0 Å². The van der Waals surface area contributed by atoms with E-state index in [2.05, 4.69) is 50.0 Å². The van der Waals surface area contributed by atoms with Crippen molar-refractivity contribution in [2.24, 2.45) is 0 Å². The molecule has 3 aromatic rings. The second-order valence-electron chi connectivity index (χ2n) is 10.4. The monoisotopic (exact) mass is 491 g/mol. The summed E-state index contributed by atoms with van der Waals surface area (Å²) in [6.45, 7) is 10.2. The predicted octanol–water partition coefficient (Wildman–Crippen LogP) is 6.58. The van der Waals surface area contributed by atoms with Gasteiger partial charge in [-0.15, -0.1) is 0 Å². The van der Waals surface area contributed by atoms with Crippen LogP contribution >= 0.6 is 0 Å². The third-order valence-corrected chi connectivity index (χ3v) is 7.52. The van der Waals surface area contributed by atoms with Crippen molar-refractivity contribution in [3.05, 3.63) is 76.5 Å². The number of hydrogen-bond acceptors (Lipinski definition) is 5. The first-order chi connectivity index (χ1) is 17.8. The first-order valence-corrected chi connectivity index (χ1v) is 12.8. The van der Waals surface area contributed by atoms with Crippen LogP contribution in [0.1, 0.15) is 39.7 Å². The molecule has 0 unspecified atom stereocenters. The number of carbonyl (C=O) groups excluding carboxylic acids is 1. The zero-order valence-electron chi connectivity index (χ0n) is 21.5. The van der Waals surface area contributed by atoms with Gasteiger partial charge in [0.05, 0.1) is 0 Å². The molecule has 6 rings (SSSR count). The third kappa shape index (κ3) is 3.84. The lowest BCUT2D eigenvalue weighted by Crippen LogP contribution is -2.32. The molecule has 1 N–H and O–H groups in total. The Kier molecular flexibility index (Phi) is 5.30. The van der Waals surface area contributed by atoms with E-state index in [1.54, 1.807) is 6.07 Å². The number of anilines is 2. The molecule has 0 bridgehead atoms. The van der Waals surface area contributed by atoms with Gasteiger partial charge in [0, 0.05) is 59.2 Å². The van der Waals surface area contributed by atoms with Gasteiger partial charge in [0.15, 0.2) is 16.8 Å². The fraction of sp³-hybridized carbons (Fsp3) is 0.258. The molecule has 2 heterocycles. The zero-order valence-corrected chi connectivity index (χ0v) is 21.5. The van der Waals surface area contributed by atoms with Crippen molar-refractivity contribution in [3.63, 3.8) is 0 Å². The van der Waals surface area contributed by atoms with Crippen LogP contribution in [0.4, 0.5) is 11.4 Å². The van der Waals surface area contributed by atoms with E-state index in [4.69, 9.17) is 9.40 Å². The molecule has 3 aromatic carbocycles. The van der Waals surface area contributed by atoms with Crippen LogP contribution in [0.5, 0.6) is 0 Å². The van der Waals surface area contributed by atoms with Crippen LogP contribution in [0.15, 0.2) is 69.9 Å². The van der Waals surface area contributed by atoms with E-state index in [9.17, 15) is 9.59 Å². The lowest BCUT2D eigenvalue weighted by molar-refractivity contribution is -0.117. The average Bonchev–Trinajstić information content (AvgIpc) is 2.87. The average molecular weight is 492 g/mol. The molecule has 0 spiro atoms. The molecule has 6 nitrogen and oxygen atoms in total. The van der Waals surface area contributed by atoms with Gasteiger partial charge in [-0.25, -0.2) is 4.98 Å². The third-order valence-electron chi connectivity index (χ3n) is 7.52. The van der Waals surface area contributed by atoms with E-state index < -0.39 is 0 Å². The number of rotatable bonds is 4. The first kappa shape index (κ1) is 23.2. The number of carbonyl (C=O) groups is 1. The molecule has 0 fully saturated rings. The van der Waals surface area contributed by atoms with Gasteiger partial charge in [-0.1, -0.05) is 32.0 Å². The first-order valence-electron chi connectivity index (χ1n) is 12.8. The SMILES string of the molecule is CCN(CC)c1ccc2nc3c4ccc(-c5ccc6c(c5)C(C)(C)CC(=O)N6)cc4c(=O)cc-3oc2c1. The Bertz CT molecular complexity index is 1730. The highest BCUT2D eigenvalue weighted by atomic mass is 16.3. The quantitative estimate of drug-likeness (QED) is 0.227. The number of nitrogens with zero attached hydrogens (tertiary/aromatic N) is 2. The number of aromatic nitrogens is 1. The van der Waals surface area contributed by atoms with Crippen LogP contribution in [0.3, 0.4) is 0 Å². The predicted molar refractivity (Wildman–Crippen MR) is 150 cm³/mol. The maximum Gasteiger partial charge on any atom is 0.225 e. The molecular formula is C31H29N3O3. The van der Waals surface area contributed by atoms with Crippen molar-refractivity contribution in [1.29, 1.82) is 0 Å². The van der Waals surface area contributed by atoms with Gasteiger partial charge in [-0.05, 0) is 60.9 Å². The van der Waals surface area contributed by atoms with Crippen molar-refractivity contribution in [1.82, 2.24) is 4.98 Å². The molecule has 0 saturated heterocycles. The maximum absolute atomic E-state index is 13.2. The highest BCUT2D eigenvalue weighted by Gasteiger charge is 2.32. The second kappa shape index (κ2) is 8.44. The van der Waals surface area contributed by atoms with E-state index in [1.165, 1.54) is 0 Å². The Morgan fingerprint density at radius 1 is 0.919 bits per heavy atom. The summed E-state index contributed by atoms with van der Waals surface area (Å²) in [6, 6.07) is 19.5. The van der Waals surface area contributed by atoms with Crippen molar-refractivity contribution < 1.29 is 9.21 Å². The smallest absolute Gasteiger partial charge is 0.225 e. The molecule has 0 aromatic heterocycles. The molecule has 3 aliphatic rings. The van der Waals surface area contributed by atoms with Gasteiger partial charge in [-0.3, -0.25) is 9.59 Å². The minimum absolute atomic E-state index is 0.0357. The Balaban J connectivity index is 1.48. The summed E-state index contributed by atoms with van der Waals surface area (Å²) in [5.74, 6) is 0.522. The highest BCUT2D eigenvalue weighted by Crippen LogP contribution is 2.40. The summed E-state index contributed by atoms with van der Waals surface area (Å²) in [6.07, 6.45) is 0.442. The van der Waals surface area contributed by atoms with E-state index in [1.807, 2.05) is 42.5 Å². The lowest BCUT2D eigenvalue weighted by Gasteiger charge is -2.32. The van der Waals surface area contributed by atoms with Gasteiger partial charge in [0.25, 0.3) is 0 Å². The van der Waals surface area contributed by atoms with Gasteiger partial charge >= 0.3 is 0 Å². The fourth-order valence-corrected chi connectivity index (χ4v) is 5.51. The minimum Gasteiger partial charge on any atom is -0.453 e. The summed E-state index contributed by atoms with van der Waals surface area (Å²) in [7, 11) is 0. The normalized spacial score (nSPS) is 14.6. The van der Waals surface area contributed by atoms with Gasteiger partial charge < -0.3 is 14.6 Å². The zero-order chi connectivity index (χ0) is 25.9. The maximum atomic E-state index is 13.2. The van der Waals surface area contributed by atoms with Crippen LogP contribution in [-0.2, 0) is 10.2 Å². The Morgan fingerprint density at radius 3 is 2.46 bits per heavy atom. The minimum atomic E-state index is -0.262. The van der Waals surface area contributed by atoms with Crippen LogP contribution < -0.4 is 15.6 Å². The van der Waals surface area contributed by atoms with Gasteiger partial charge in [0.1, 0.15) is 11.2 Å². The van der Waals surface area contributed by atoms with E-state index in [0.29, 0.717) is 28.8 Å². The molecule has 37 heavy (non-hydrogen) atoms. The fourth-order valence-electron chi connectivity index (χ4n) is 5.51. The van der Waals surface area contributed by atoms with Gasteiger partial charge in [0.2, 0.25) is 5.91 Å². The number of fused-ring (bicyclic) bond motifs is 5. The number of benzene rings is 4. The molecule has 1 aliphatic carbocycles. The molecule has 0 saturated carbocycles. The topological polar surface area (TPSA) is 75.4 Å². The van der Waals surface area contributed by atoms with Gasteiger partial charge in [-0.2, -0.15) is 0 Å². The highest BCUT2D eigenvalue weighted by molar-refractivity contribution is 5.99. The Morgan fingerprint density at radius 2 is 1.68 bits per heavy atom. The second-order valence-corrected chi connectivity index (χ2v) is 10.4. The summed E-state index contributed by atoms with van der Waals surface area (Å²) in [5, 5.41) is 4.36. The van der Waals surface area contributed by atoms with Crippen molar-refractivity contribution in [2.45, 2.75) is 39.5 Å².